The van der Waals surface area contributed by atoms with Crippen LogP contribution in [0.15, 0.2) is 17.2 Å². The lowest BCUT2D eigenvalue weighted by Crippen LogP contribution is -2.32. The van der Waals surface area contributed by atoms with Gasteiger partial charge in [0.2, 0.25) is 5.91 Å². The molecule has 0 saturated heterocycles. The van der Waals surface area contributed by atoms with Crippen molar-refractivity contribution in [2.45, 2.75) is 33.2 Å². The molecule has 0 unspecified atom stereocenters. The second-order valence-electron chi connectivity index (χ2n) is 4.31. The summed E-state index contributed by atoms with van der Waals surface area (Å²) in [5.41, 5.74) is -0.146. The molecule has 5 nitrogen and oxygen atoms in total. The Kier molecular flexibility index (Phi) is 4.31. The number of nitrogens with one attached hydrogen (secondary N) is 1. The molecule has 6 heteroatoms. The van der Waals surface area contributed by atoms with Crippen molar-refractivity contribution in [2.75, 3.05) is 6.54 Å². The molecule has 0 aromatic carbocycles. The number of hydrogen-bond acceptors (Lipinski definition) is 4. The summed E-state index contributed by atoms with van der Waals surface area (Å²) in [4.78, 5) is 30.0. The predicted molar refractivity (Wildman–Crippen MR) is 76.6 cm³/mol. The molecule has 2 aromatic heterocycles. The standard InChI is InChI=1S/C13H17N3O2S/c1-3-5-14-11(17)7-16-8-15-12-10(13(16)18)6-9(4-2)19-12/h6,8H,3-5,7H2,1-2H3,(H,14,17). The molecule has 102 valence electrons. The van der Waals surface area contributed by atoms with E-state index in [9.17, 15) is 9.59 Å². The number of aryl methyl sites for hydroxylation is 1. The molecule has 0 aliphatic rings. The Morgan fingerprint density at radius 3 is 2.95 bits per heavy atom. The molecule has 2 rings (SSSR count). The molecule has 0 atom stereocenters. The van der Waals surface area contributed by atoms with Gasteiger partial charge in [-0.05, 0) is 18.9 Å². The van der Waals surface area contributed by atoms with Crippen LogP contribution in [0, 0.1) is 0 Å². The minimum atomic E-state index is -0.156. The van der Waals surface area contributed by atoms with E-state index in [1.54, 1.807) is 0 Å². The third-order valence-corrected chi connectivity index (χ3v) is 3.99. The first-order chi connectivity index (χ1) is 9.15. The number of hydrogen-bond donors (Lipinski definition) is 1. The summed E-state index contributed by atoms with van der Waals surface area (Å²) in [6.45, 7) is 4.68. The van der Waals surface area contributed by atoms with Crippen molar-refractivity contribution in [1.29, 1.82) is 0 Å². The van der Waals surface area contributed by atoms with Gasteiger partial charge in [0.25, 0.3) is 5.56 Å². The Morgan fingerprint density at radius 1 is 1.47 bits per heavy atom. The van der Waals surface area contributed by atoms with E-state index in [-0.39, 0.29) is 18.0 Å². The van der Waals surface area contributed by atoms with Gasteiger partial charge in [-0.15, -0.1) is 11.3 Å². The summed E-state index contributed by atoms with van der Waals surface area (Å²) >= 11 is 1.53. The van der Waals surface area contributed by atoms with Crippen LogP contribution in [0.1, 0.15) is 25.1 Å². The van der Waals surface area contributed by atoms with Crippen molar-refractivity contribution in [2.24, 2.45) is 0 Å². The lowest BCUT2D eigenvalue weighted by atomic mass is 10.3. The second kappa shape index (κ2) is 5.97. The van der Waals surface area contributed by atoms with E-state index < -0.39 is 0 Å². The van der Waals surface area contributed by atoms with Crippen molar-refractivity contribution in [1.82, 2.24) is 14.9 Å². The fourth-order valence-electron chi connectivity index (χ4n) is 1.77. The van der Waals surface area contributed by atoms with Crippen LogP contribution in [0.4, 0.5) is 0 Å². The van der Waals surface area contributed by atoms with Gasteiger partial charge in [0.05, 0.1) is 11.7 Å². The van der Waals surface area contributed by atoms with Crippen LogP contribution in [0.25, 0.3) is 10.2 Å². The second-order valence-corrected chi connectivity index (χ2v) is 5.43. The number of carbonyl (C=O) groups excluding carboxylic acids is 1. The molecule has 0 spiro atoms. The molecule has 0 radical (unpaired) electrons. The predicted octanol–water partition coefficient (Wildman–Crippen LogP) is 1.55. The first-order valence-electron chi connectivity index (χ1n) is 6.40. The van der Waals surface area contributed by atoms with Crippen LogP contribution >= 0.6 is 11.3 Å². The zero-order valence-corrected chi connectivity index (χ0v) is 11.9. The maximum Gasteiger partial charge on any atom is 0.262 e. The van der Waals surface area contributed by atoms with Gasteiger partial charge in [-0.1, -0.05) is 13.8 Å². The Morgan fingerprint density at radius 2 is 2.26 bits per heavy atom. The zero-order chi connectivity index (χ0) is 13.8. The zero-order valence-electron chi connectivity index (χ0n) is 11.1. The average molecular weight is 279 g/mol. The Bertz CT molecular complexity index is 645. The summed E-state index contributed by atoms with van der Waals surface area (Å²) in [5, 5.41) is 3.35. The first-order valence-corrected chi connectivity index (χ1v) is 7.22. The number of nitrogens with zero attached hydrogens (tertiary/aromatic N) is 2. The van der Waals surface area contributed by atoms with Crippen molar-refractivity contribution in [3.8, 4) is 0 Å². The van der Waals surface area contributed by atoms with E-state index in [1.165, 1.54) is 22.2 Å². The Hall–Kier alpha value is -1.69. The summed E-state index contributed by atoms with van der Waals surface area (Å²) in [7, 11) is 0. The third-order valence-electron chi connectivity index (χ3n) is 2.80. The van der Waals surface area contributed by atoms with E-state index in [0.29, 0.717) is 11.9 Å². The summed E-state index contributed by atoms with van der Waals surface area (Å²) in [6, 6.07) is 1.87. The van der Waals surface area contributed by atoms with Crippen LogP contribution in [0.5, 0.6) is 0 Å². The number of carbonyl (C=O) groups is 1. The number of rotatable bonds is 5. The first kappa shape index (κ1) is 13.7. The number of fused-ring (bicyclic) bond motifs is 1. The van der Waals surface area contributed by atoms with Gasteiger partial charge in [0.1, 0.15) is 11.4 Å². The van der Waals surface area contributed by atoms with Gasteiger partial charge in [0, 0.05) is 11.4 Å². The largest absolute Gasteiger partial charge is 0.355 e. The van der Waals surface area contributed by atoms with Gasteiger partial charge >= 0.3 is 0 Å². The Labute approximate surface area is 115 Å². The summed E-state index contributed by atoms with van der Waals surface area (Å²) in [6.07, 6.45) is 3.21. The Balaban J connectivity index is 2.27. The SMILES string of the molecule is CCCNC(=O)Cn1cnc2sc(CC)cc2c1=O. The number of amides is 1. The van der Waals surface area contributed by atoms with Crippen LogP contribution in [-0.4, -0.2) is 22.0 Å². The fraction of sp³-hybridized carbons (Fsp3) is 0.462. The van der Waals surface area contributed by atoms with E-state index in [0.717, 1.165) is 22.5 Å². The molecule has 0 bridgehead atoms. The number of thiophene rings is 1. The molecule has 1 amide bonds. The maximum absolute atomic E-state index is 12.2. The van der Waals surface area contributed by atoms with Gasteiger partial charge in [-0.2, -0.15) is 0 Å². The third kappa shape index (κ3) is 3.01. The monoisotopic (exact) mass is 279 g/mol. The summed E-state index contributed by atoms with van der Waals surface area (Å²) in [5.74, 6) is -0.156. The minimum Gasteiger partial charge on any atom is -0.355 e. The highest BCUT2D eigenvalue weighted by Crippen LogP contribution is 2.20. The van der Waals surface area contributed by atoms with E-state index in [4.69, 9.17) is 0 Å². The highest BCUT2D eigenvalue weighted by molar-refractivity contribution is 7.18. The average Bonchev–Trinajstić information content (AvgIpc) is 2.84. The van der Waals surface area contributed by atoms with E-state index >= 15 is 0 Å². The fourth-order valence-corrected chi connectivity index (χ4v) is 2.70. The molecular weight excluding hydrogens is 262 g/mol. The molecule has 0 fully saturated rings. The van der Waals surface area contributed by atoms with Gasteiger partial charge < -0.3 is 5.32 Å². The van der Waals surface area contributed by atoms with Crippen LogP contribution in [0.2, 0.25) is 0 Å². The van der Waals surface area contributed by atoms with Gasteiger partial charge in [-0.3, -0.25) is 14.2 Å². The molecule has 0 aliphatic carbocycles. The van der Waals surface area contributed by atoms with Crippen LogP contribution in [-0.2, 0) is 17.8 Å². The molecule has 19 heavy (non-hydrogen) atoms. The smallest absolute Gasteiger partial charge is 0.262 e. The lowest BCUT2D eigenvalue weighted by molar-refractivity contribution is -0.121. The van der Waals surface area contributed by atoms with Gasteiger partial charge in [0.15, 0.2) is 0 Å². The quantitative estimate of drug-likeness (QED) is 0.903. The normalized spacial score (nSPS) is 10.8. The molecule has 2 heterocycles. The molecule has 0 saturated carbocycles. The highest BCUT2D eigenvalue weighted by atomic mass is 32.1. The minimum absolute atomic E-state index is 0.0269. The van der Waals surface area contributed by atoms with E-state index in [2.05, 4.69) is 10.3 Å². The molecule has 0 aliphatic heterocycles. The van der Waals surface area contributed by atoms with Crippen molar-refractivity contribution in [3.63, 3.8) is 0 Å². The number of aromatic nitrogens is 2. The summed E-state index contributed by atoms with van der Waals surface area (Å²) < 4.78 is 1.36. The van der Waals surface area contributed by atoms with Crippen LogP contribution in [0.3, 0.4) is 0 Å². The lowest BCUT2D eigenvalue weighted by Gasteiger charge is -2.05. The molecule has 2 aromatic rings. The molecular formula is C13H17N3O2S. The van der Waals surface area contributed by atoms with Crippen molar-refractivity contribution in [3.05, 3.63) is 27.6 Å². The topological polar surface area (TPSA) is 64.0 Å². The maximum atomic E-state index is 12.2. The van der Waals surface area contributed by atoms with Gasteiger partial charge in [-0.25, -0.2) is 4.98 Å². The van der Waals surface area contributed by atoms with Crippen molar-refractivity contribution < 1.29 is 4.79 Å². The van der Waals surface area contributed by atoms with E-state index in [1.807, 2.05) is 19.9 Å². The van der Waals surface area contributed by atoms with Crippen molar-refractivity contribution >= 4 is 27.5 Å². The van der Waals surface area contributed by atoms with Crippen LogP contribution < -0.4 is 10.9 Å². The highest BCUT2D eigenvalue weighted by Gasteiger charge is 2.10. The molecule has 1 N–H and O–H groups in total.